The van der Waals surface area contributed by atoms with Gasteiger partial charge in [-0.15, -0.1) is 0 Å². The van der Waals surface area contributed by atoms with Crippen LogP contribution < -0.4 is 19.1 Å². The highest BCUT2D eigenvalue weighted by atomic mass is 32.2. The van der Waals surface area contributed by atoms with Gasteiger partial charge >= 0.3 is 0 Å². The van der Waals surface area contributed by atoms with Crippen molar-refractivity contribution in [1.82, 2.24) is 9.62 Å². The van der Waals surface area contributed by atoms with Crippen LogP contribution in [0.25, 0.3) is 0 Å². The predicted molar refractivity (Wildman–Crippen MR) is 144 cm³/mol. The number of rotatable bonds is 13. The number of hydrogen-bond acceptors (Lipinski definition) is 7. The van der Waals surface area contributed by atoms with Crippen LogP contribution in [0.1, 0.15) is 6.92 Å². The maximum Gasteiger partial charge on any atom is 0.264 e. The van der Waals surface area contributed by atoms with E-state index in [-0.39, 0.29) is 28.6 Å². The van der Waals surface area contributed by atoms with Gasteiger partial charge in [0, 0.05) is 14.1 Å². The van der Waals surface area contributed by atoms with Crippen molar-refractivity contribution in [3.63, 3.8) is 0 Å². The SMILES string of the molecule is CCOc1ccccc1N(CC(=O)NCCOc1ccc(S(=O)(=O)N(C)C)cc1)S(=O)(=O)c1ccccc1. The summed E-state index contributed by atoms with van der Waals surface area (Å²) < 4.78 is 64.7. The first-order valence-electron chi connectivity index (χ1n) is 11.8. The summed E-state index contributed by atoms with van der Waals surface area (Å²) in [7, 11) is -4.73. The summed E-state index contributed by atoms with van der Waals surface area (Å²) in [5.74, 6) is 0.230. The van der Waals surface area contributed by atoms with Gasteiger partial charge in [0.2, 0.25) is 15.9 Å². The van der Waals surface area contributed by atoms with Crippen molar-refractivity contribution in [3.8, 4) is 11.5 Å². The maximum atomic E-state index is 13.5. The predicted octanol–water partition coefficient (Wildman–Crippen LogP) is 2.73. The van der Waals surface area contributed by atoms with Crippen molar-refractivity contribution in [2.75, 3.05) is 44.7 Å². The van der Waals surface area contributed by atoms with Crippen LogP contribution in [0, 0.1) is 0 Å². The summed E-state index contributed by atoms with van der Waals surface area (Å²) in [6, 6.07) is 20.4. The van der Waals surface area contributed by atoms with E-state index < -0.39 is 32.5 Å². The van der Waals surface area contributed by atoms with Gasteiger partial charge < -0.3 is 14.8 Å². The van der Waals surface area contributed by atoms with E-state index in [1.807, 2.05) is 0 Å². The van der Waals surface area contributed by atoms with E-state index >= 15 is 0 Å². The van der Waals surface area contributed by atoms with E-state index in [1.165, 1.54) is 50.5 Å². The molecule has 10 nitrogen and oxygen atoms in total. The second kappa shape index (κ2) is 12.8. The van der Waals surface area contributed by atoms with Crippen LogP contribution in [0.4, 0.5) is 5.69 Å². The second-order valence-electron chi connectivity index (χ2n) is 8.18. The molecular weight excluding hydrogens is 530 g/mol. The first-order chi connectivity index (χ1) is 18.1. The zero-order valence-corrected chi connectivity index (χ0v) is 23.0. The Balaban J connectivity index is 1.68. The monoisotopic (exact) mass is 561 g/mol. The van der Waals surface area contributed by atoms with Gasteiger partial charge in [0.1, 0.15) is 24.7 Å². The number of sulfonamides is 2. The standard InChI is InChI=1S/C26H31N3O7S2/c1-4-35-25-13-9-8-12-24(25)29(38(33,34)22-10-6-5-7-11-22)20-26(30)27-18-19-36-21-14-16-23(17-15-21)37(31,32)28(2)3/h5-17H,4,18-20H2,1-3H3,(H,27,30). The molecule has 0 aliphatic rings. The van der Waals surface area contributed by atoms with E-state index in [0.29, 0.717) is 18.1 Å². The van der Waals surface area contributed by atoms with Gasteiger partial charge in [0.25, 0.3) is 10.0 Å². The molecule has 0 aliphatic heterocycles. The van der Waals surface area contributed by atoms with Crippen molar-refractivity contribution in [3.05, 3.63) is 78.9 Å². The highest BCUT2D eigenvalue weighted by Gasteiger charge is 2.29. The van der Waals surface area contributed by atoms with Gasteiger partial charge in [-0.25, -0.2) is 21.1 Å². The highest BCUT2D eigenvalue weighted by Crippen LogP contribution is 2.32. The first-order valence-corrected chi connectivity index (χ1v) is 14.7. The van der Waals surface area contributed by atoms with Crippen LogP contribution >= 0.6 is 0 Å². The lowest BCUT2D eigenvalue weighted by Crippen LogP contribution is -2.42. The molecule has 38 heavy (non-hydrogen) atoms. The lowest BCUT2D eigenvalue weighted by molar-refractivity contribution is -0.119. The molecule has 0 heterocycles. The number of benzene rings is 3. The number of carbonyl (C=O) groups is 1. The third-order valence-corrected chi connectivity index (χ3v) is 8.95. The molecule has 0 saturated carbocycles. The summed E-state index contributed by atoms with van der Waals surface area (Å²) in [5.41, 5.74) is 0.248. The molecule has 0 radical (unpaired) electrons. The van der Waals surface area contributed by atoms with Crippen molar-refractivity contribution in [2.24, 2.45) is 0 Å². The molecule has 3 aromatic rings. The Hall–Kier alpha value is -3.61. The molecule has 0 bridgehead atoms. The van der Waals surface area contributed by atoms with Crippen molar-refractivity contribution in [1.29, 1.82) is 0 Å². The molecule has 0 unspecified atom stereocenters. The number of amides is 1. The number of anilines is 1. The summed E-state index contributed by atoms with van der Waals surface area (Å²) in [4.78, 5) is 13.0. The number of hydrogen-bond donors (Lipinski definition) is 1. The van der Waals surface area contributed by atoms with Crippen LogP contribution in [-0.2, 0) is 24.8 Å². The molecule has 3 aromatic carbocycles. The minimum absolute atomic E-state index is 0.0437. The lowest BCUT2D eigenvalue weighted by Gasteiger charge is -2.26. The molecule has 3 rings (SSSR count). The van der Waals surface area contributed by atoms with Crippen LogP contribution in [0.2, 0.25) is 0 Å². The van der Waals surface area contributed by atoms with Crippen LogP contribution in [0.15, 0.2) is 88.7 Å². The zero-order valence-electron chi connectivity index (χ0n) is 21.4. The van der Waals surface area contributed by atoms with Crippen molar-refractivity contribution >= 4 is 31.6 Å². The Morgan fingerprint density at radius 1 is 0.789 bits per heavy atom. The fourth-order valence-corrected chi connectivity index (χ4v) is 5.78. The molecule has 12 heteroatoms. The molecule has 0 fully saturated rings. The molecule has 0 atom stereocenters. The summed E-state index contributed by atoms with van der Waals surface area (Å²) >= 11 is 0. The van der Waals surface area contributed by atoms with Crippen LogP contribution in [0.5, 0.6) is 11.5 Å². The maximum absolute atomic E-state index is 13.5. The average molecular weight is 562 g/mol. The van der Waals surface area contributed by atoms with Gasteiger partial charge in [-0.1, -0.05) is 30.3 Å². The first kappa shape index (κ1) is 29.0. The number of nitrogens with zero attached hydrogens (tertiary/aromatic N) is 2. The van der Waals surface area contributed by atoms with Crippen molar-refractivity contribution in [2.45, 2.75) is 16.7 Å². The van der Waals surface area contributed by atoms with Gasteiger partial charge in [0.15, 0.2) is 0 Å². The second-order valence-corrected chi connectivity index (χ2v) is 12.2. The number of carbonyl (C=O) groups excluding carboxylic acids is 1. The quantitative estimate of drug-likeness (QED) is 0.319. The van der Waals surface area contributed by atoms with Crippen LogP contribution in [-0.4, -0.2) is 67.4 Å². The van der Waals surface area contributed by atoms with E-state index in [0.717, 1.165) is 8.61 Å². The molecule has 204 valence electrons. The minimum Gasteiger partial charge on any atom is -0.492 e. The Labute approximate surface area is 223 Å². The molecule has 1 amide bonds. The molecule has 0 aromatic heterocycles. The highest BCUT2D eigenvalue weighted by molar-refractivity contribution is 7.92. The molecule has 1 N–H and O–H groups in total. The Morgan fingerprint density at radius 3 is 2.03 bits per heavy atom. The lowest BCUT2D eigenvalue weighted by atomic mass is 10.3. The Kier molecular flexibility index (Phi) is 9.72. The third-order valence-electron chi connectivity index (χ3n) is 5.35. The topological polar surface area (TPSA) is 122 Å². The molecule has 0 aliphatic carbocycles. The fraction of sp³-hybridized carbons (Fsp3) is 0.269. The Morgan fingerprint density at radius 2 is 1.39 bits per heavy atom. The van der Waals surface area contributed by atoms with Gasteiger partial charge in [-0.2, -0.15) is 0 Å². The minimum atomic E-state index is -4.08. The molecule has 0 saturated heterocycles. The smallest absolute Gasteiger partial charge is 0.264 e. The van der Waals surface area contributed by atoms with E-state index in [2.05, 4.69) is 5.32 Å². The third kappa shape index (κ3) is 7.03. The summed E-state index contributed by atoms with van der Waals surface area (Å²) in [5, 5.41) is 2.67. The van der Waals surface area contributed by atoms with E-state index in [1.54, 1.807) is 49.4 Å². The van der Waals surface area contributed by atoms with Gasteiger partial charge in [-0.3, -0.25) is 9.10 Å². The summed E-state index contributed by atoms with van der Waals surface area (Å²) in [6.45, 7) is 1.82. The number of para-hydroxylation sites is 2. The van der Waals surface area contributed by atoms with E-state index in [9.17, 15) is 21.6 Å². The normalized spacial score (nSPS) is 11.7. The molecular formula is C26H31N3O7S2. The van der Waals surface area contributed by atoms with Gasteiger partial charge in [-0.05, 0) is 55.5 Å². The van der Waals surface area contributed by atoms with Crippen molar-refractivity contribution < 1.29 is 31.1 Å². The number of ether oxygens (including phenoxy) is 2. The fourth-order valence-electron chi connectivity index (χ4n) is 3.42. The van der Waals surface area contributed by atoms with E-state index in [4.69, 9.17) is 9.47 Å². The molecule has 0 spiro atoms. The summed E-state index contributed by atoms with van der Waals surface area (Å²) in [6.07, 6.45) is 0. The average Bonchev–Trinajstić information content (AvgIpc) is 2.91. The largest absolute Gasteiger partial charge is 0.492 e. The number of nitrogens with one attached hydrogen (secondary N) is 1. The Bertz CT molecular complexity index is 1430. The van der Waals surface area contributed by atoms with Crippen LogP contribution in [0.3, 0.4) is 0 Å². The van der Waals surface area contributed by atoms with Gasteiger partial charge in [0.05, 0.1) is 28.6 Å². The zero-order chi connectivity index (χ0) is 27.8.